The molecule has 2 rings (SSSR count). The van der Waals surface area contributed by atoms with Gasteiger partial charge in [-0.15, -0.1) is 12.4 Å². The lowest BCUT2D eigenvalue weighted by Gasteiger charge is -2.06. The molecule has 17 heavy (non-hydrogen) atoms. The second-order valence-corrected chi connectivity index (χ2v) is 3.93. The average molecular weight is 253 g/mol. The van der Waals surface area contributed by atoms with Gasteiger partial charge in [-0.25, -0.2) is 4.98 Å². The van der Waals surface area contributed by atoms with Crippen LogP contribution in [0, 0.1) is 20.8 Å². The first-order chi connectivity index (χ1) is 7.66. The lowest BCUT2D eigenvalue weighted by Crippen LogP contribution is -2.03. The van der Waals surface area contributed by atoms with Crippen molar-refractivity contribution in [1.82, 2.24) is 15.2 Å². The molecular weight excluding hydrogens is 236 g/mol. The van der Waals surface area contributed by atoms with Crippen LogP contribution in [-0.2, 0) is 6.54 Å². The van der Waals surface area contributed by atoms with Gasteiger partial charge in [0, 0.05) is 23.5 Å². The summed E-state index contributed by atoms with van der Waals surface area (Å²) in [6.07, 6.45) is 0. The van der Waals surface area contributed by atoms with Gasteiger partial charge < -0.3 is 5.32 Å². The Morgan fingerprint density at radius 3 is 2.59 bits per heavy atom. The van der Waals surface area contributed by atoms with Crippen LogP contribution < -0.4 is 5.32 Å². The number of rotatable bonds is 3. The molecule has 0 aromatic carbocycles. The molecule has 0 amide bonds. The smallest absolute Gasteiger partial charge is 0.126 e. The second kappa shape index (κ2) is 5.68. The van der Waals surface area contributed by atoms with Gasteiger partial charge in [-0.3, -0.25) is 5.10 Å². The fourth-order valence-electron chi connectivity index (χ4n) is 1.65. The molecule has 0 saturated heterocycles. The van der Waals surface area contributed by atoms with Gasteiger partial charge in [-0.05, 0) is 32.9 Å². The summed E-state index contributed by atoms with van der Waals surface area (Å²) < 4.78 is 0. The van der Waals surface area contributed by atoms with Crippen LogP contribution in [0.25, 0.3) is 0 Å². The fourth-order valence-corrected chi connectivity index (χ4v) is 1.65. The third-order valence-corrected chi connectivity index (χ3v) is 2.62. The van der Waals surface area contributed by atoms with Gasteiger partial charge in [-0.1, -0.05) is 6.07 Å². The molecule has 2 aromatic heterocycles. The van der Waals surface area contributed by atoms with E-state index in [9.17, 15) is 0 Å². The van der Waals surface area contributed by atoms with Crippen molar-refractivity contribution in [3.63, 3.8) is 0 Å². The van der Waals surface area contributed by atoms with E-state index in [4.69, 9.17) is 0 Å². The van der Waals surface area contributed by atoms with Crippen LogP contribution in [0.2, 0.25) is 0 Å². The molecule has 0 fully saturated rings. The highest BCUT2D eigenvalue weighted by Gasteiger charge is 2.05. The summed E-state index contributed by atoms with van der Waals surface area (Å²) >= 11 is 0. The van der Waals surface area contributed by atoms with Gasteiger partial charge in [0.05, 0.1) is 5.69 Å². The number of aromatic nitrogens is 3. The largest absolute Gasteiger partial charge is 0.366 e. The van der Waals surface area contributed by atoms with Gasteiger partial charge >= 0.3 is 0 Å². The van der Waals surface area contributed by atoms with Crippen LogP contribution in [-0.4, -0.2) is 15.2 Å². The summed E-state index contributed by atoms with van der Waals surface area (Å²) in [6.45, 7) is 6.77. The molecule has 0 spiro atoms. The minimum Gasteiger partial charge on any atom is -0.366 e. The fraction of sp³-hybridized carbons (Fsp3) is 0.333. The molecule has 0 radical (unpaired) electrons. The molecule has 0 bridgehead atoms. The van der Waals surface area contributed by atoms with E-state index in [-0.39, 0.29) is 12.4 Å². The van der Waals surface area contributed by atoms with Crippen molar-refractivity contribution in [3.8, 4) is 0 Å². The number of anilines is 1. The zero-order valence-electron chi connectivity index (χ0n) is 10.2. The molecule has 92 valence electrons. The van der Waals surface area contributed by atoms with Crippen LogP contribution in [0.3, 0.4) is 0 Å². The van der Waals surface area contributed by atoms with E-state index in [1.807, 2.05) is 39.0 Å². The monoisotopic (exact) mass is 252 g/mol. The van der Waals surface area contributed by atoms with Gasteiger partial charge in [0.25, 0.3) is 0 Å². The maximum Gasteiger partial charge on any atom is 0.126 e. The molecule has 0 aliphatic rings. The molecule has 2 N–H and O–H groups in total. The third-order valence-electron chi connectivity index (χ3n) is 2.62. The lowest BCUT2D eigenvalue weighted by atomic mass is 10.2. The van der Waals surface area contributed by atoms with Crippen molar-refractivity contribution in [2.45, 2.75) is 27.3 Å². The Balaban J connectivity index is 0.00000144. The van der Waals surface area contributed by atoms with Crippen LogP contribution >= 0.6 is 12.4 Å². The summed E-state index contributed by atoms with van der Waals surface area (Å²) in [4.78, 5) is 4.39. The first-order valence-electron chi connectivity index (χ1n) is 5.35. The summed E-state index contributed by atoms with van der Waals surface area (Å²) in [5.74, 6) is 0.903. The number of hydrogen-bond donors (Lipinski definition) is 2. The van der Waals surface area contributed by atoms with E-state index >= 15 is 0 Å². The molecule has 0 atom stereocenters. The van der Waals surface area contributed by atoms with Crippen LogP contribution in [0.15, 0.2) is 18.2 Å². The van der Waals surface area contributed by atoms with Crippen molar-refractivity contribution in [1.29, 1.82) is 0 Å². The predicted molar refractivity (Wildman–Crippen MR) is 71.6 cm³/mol. The summed E-state index contributed by atoms with van der Waals surface area (Å²) in [5.41, 5.74) is 4.38. The van der Waals surface area contributed by atoms with Crippen molar-refractivity contribution >= 4 is 18.2 Å². The lowest BCUT2D eigenvalue weighted by molar-refractivity contribution is 1.02. The topological polar surface area (TPSA) is 53.6 Å². The normalized spacial score (nSPS) is 9.82. The number of pyridine rings is 1. The first kappa shape index (κ1) is 13.5. The predicted octanol–water partition coefficient (Wildman–Crippen LogP) is 2.76. The number of aromatic amines is 1. The quantitative estimate of drug-likeness (QED) is 0.883. The molecule has 2 aromatic rings. The number of halogens is 1. The second-order valence-electron chi connectivity index (χ2n) is 3.93. The van der Waals surface area contributed by atoms with Crippen molar-refractivity contribution in [2.75, 3.05) is 5.32 Å². The number of nitrogens with zero attached hydrogens (tertiary/aromatic N) is 2. The summed E-state index contributed by atoms with van der Waals surface area (Å²) in [7, 11) is 0. The SMILES string of the molecule is Cc1cccc(NCc2c(C)n[nH]c2C)n1.Cl. The first-order valence-corrected chi connectivity index (χ1v) is 5.35. The summed E-state index contributed by atoms with van der Waals surface area (Å²) in [6, 6.07) is 5.96. The highest BCUT2D eigenvalue weighted by Crippen LogP contribution is 2.12. The molecular formula is C12H17ClN4. The Labute approximate surface area is 107 Å². The van der Waals surface area contributed by atoms with Gasteiger partial charge in [0.2, 0.25) is 0 Å². The maximum atomic E-state index is 4.39. The average Bonchev–Trinajstić information content (AvgIpc) is 2.56. The number of nitrogens with one attached hydrogen (secondary N) is 2. The van der Waals surface area contributed by atoms with Crippen LogP contribution in [0.5, 0.6) is 0 Å². The molecule has 0 saturated carbocycles. The van der Waals surface area contributed by atoms with E-state index in [0.717, 1.165) is 29.4 Å². The zero-order valence-corrected chi connectivity index (χ0v) is 11.1. The Morgan fingerprint density at radius 2 is 2.00 bits per heavy atom. The maximum absolute atomic E-state index is 4.39. The van der Waals surface area contributed by atoms with Crippen molar-refractivity contribution < 1.29 is 0 Å². The van der Waals surface area contributed by atoms with E-state index in [1.165, 1.54) is 5.56 Å². The van der Waals surface area contributed by atoms with Gasteiger partial charge in [-0.2, -0.15) is 5.10 Å². The van der Waals surface area contributed by atoms with Gasteiger partial charge in [0.15, 0.2) is 0 Å². The standard InChI is InChI=1S/C12H16N4.ClH/c1-8-5-4-6-12(14-8)13-7-11-9(2)15-16-10(11)3;/h4-6H,7H2,1-3H3,(H,13,14)(H,15,16);1H. The third kappa shape index (κ3) is 3.20. The molecule has 0 aliphatic carbocycles. The Morgan fingerprint density at radius 1 is 1.24 bits per heavy atom. The number of aryl methyl sites for hydroxylation is 3. The molecule has 2 heterocycles. The molecule has 4 nitrogen and oxygen atoms in total. The van der Waals surface area contributed by atoms with E-state index in [0.29, 0.717) is 0 Å². The van der Waals surface area contributed by atoms with Gasteiger partial charge in [0.1, 0.15) is 5.82 Å². The highest BCUT2D eigenvalue weighted by molar-refractivity contribution is 5.85. The molecule has 0 unspecified atom stereocenters. The van der Waals surface area contributed by atoms with Crippen LogP contribution in [0.4, 0.5) is 5.82 Å². The van der Waals surface area contributed by atoms with E-state index in [1.54, 1.807) is 0 Å². The highest BCUT2D eigenvalue weighted by atomic mass is 35.5. The summed E-state index contributed by atoms with van der Waals surface area (Å²) in [5, 5.41) is 10.4. The minimum absolute atomic E-state index is 0. The number of hydrogen-bond acceptors (Lipinski definition) is 3. The number of H-pyrrole nitrogens is 1. The zero-order chi connectivity index (χ0) is 11.5. The van der Waals surface area contributed by atoms with Crippen molar-refractivity contribution in [2.24, 2.45) is 0 Å². The van der Waals surface area contributed by atoms with E-state index < -0.39 is 0 Å². The molecule has 0 aliphatic heterocycles. The Kier molecular flexibility index (Phi) is 4.52. The Bertz CT molecular complexity index is 474. The molecule has 5 heteroatoms. The Hall–Kier alpha value is -1.55. The van der Waals surface area contributed by atoms with Crippen molar-refractivity contribution in [3.05, 3.63) is 40.8 Å². The van der Waals surface area contributed by atoms with Crippen LogP contribution in [0.1, 0.15) is 22.6 Å². The van der Waals surface area contributed by atoms with E-state index in [2.05, 4.69) is 20.5 Å². The minimum atomic E-state index is 0.